The van der Waals surface area contributed by atoms with E-state index in [1.54, 1.807) is 11.5 Å². The maximum atomic E-state index is 14.3. The first kappa shape index (κ1) is 28.3. The molecule has 0 saturated carbocycles. The average Bonchev–Trinajstić information content (AvgIpc) is 3.37. The number of thiophene rings is 1. The summed E-state index contributed by atoms with van der Waals surface area (Å²) in [6.45, 7) is 9.63. The van der Waals surface area contributed by atoms with Gasteiger partial charge in [0.25, 0.3) is 5.56 Å². The number of hydrogen-bond acceptors (Lipinski definition) is 8. The molecule has 0 spiro atoms. The molecule has 4 aromatic rings. The van der Waals surface area contributed by atoms with E-state index in [1.165, 1.54) is 11.3 Å². The van der Waals surface area contributed by atoms with Gasteiger partial charge in [-0.3, -0.25) is 4.79 Å². The van der Waals surface area contributed by atoms with Gasteiger partial charge in [-0.2, -0.15) is 0 Å². The molecular weight excluding hydrogens is 540 g/mol. The second kappa shape index (κ2) is 13.0. The molecule has 0 radical (unpaired) electrons. The minimum Gasteiger partial charge on any atom is -0.462 e. The standard InChI is InChI=1S/C30H34N6O4S/c1-4-34(5-2)29(31-21-13-9-7-10-14-21)32-26-24(28(38)40-6-3)23-25(41-26)33-30(35-17-19-39-20-18-35)36(27(23)37)22-15-11-8-12-16-22/h7-16H,4-6,17-20H2,1-3H3,(H,31,32). The van der Waals surface area contributed by atoms with E-state index in [2.05, 4.69) is 10.2 Å². The van der Waals surface area contributed by atoms with Crippen molar-refractivity contribution in [1.29, 1.82) is 0 Å². The number of rotatable bonds is 8. The van der Waals surface area contributed by atoms with Crippen LogP contribution in [0.25, 0.3) is 15.9 Å². The number of carbonyl (C=O) groups excluding carboxylic acids is 1. The van der Waals surface area contributed by atoms with Gasteiger partial charge in [-0.25, -0.2) is 19.3 Å². The van der Waals surface area contributed by atoms with Crippen LogP contribution in [0.2, 0.25) is 0 Å². The van der Waals surface area contributed by atoms with E-state index < -0.39 is 5.97 Å². The number of nitrogens with zero attached hydrogens (tertiary/aromatic N) is 5. The summed E-state index contributed by atoms with van der Waals surface area (Å²) in [5.41, 5.74) is 1.30. The smallest absolute Gasteiger partial charge is 0.342 e. The number of anilines is 2. The number of carbonyl (C=O) groups is 1. The summed E-state index contributed by atoms with van der Waals surface area (Å²) in [5, 5.41) is 3.96. The Hall–Kier alpha value is -4.22. The highest BCUT2D eigenvalue weighted by atomic mass is 32.1. The fourth-order valence-corrected chi connectivity index (χ4v) is 5.75. The molecule has 5 rings (SSSR count). The summed E-state index contributed by atoms with van der Waals surface area (Å²) in [5.74, 6) is 0.472. The van der Waals surface area contributed by atoms with Gasteiger partial charge in [-0.15, -0.1) is 0 Å². The van der Waals surface area contributed by atoms with Crippen molar-refractivity contribution in [1.82, 2.24) is 14.5 Å². The molecule has 1 fully saturated rings. The van der Waals surface area contributed by atoms with E-state index in [1.807, 2.05) is 79.4 Å². The number of morpholine rings is 1. The van der Waals surface area contributed by atoms with Gasteiger partial charge in [-0.1, -0.05) is 47.7 Å². The maximum absolute atomic E-state index is 14.3. The molecular formula is C30H34N6O4S. The molecule has 0 atom stereocenters. The van der Waals surface area contributed by atoms with Crippen LogP contribution in [0.15, 0.2) is 70.5 Å². The van der Waals surface area contributed by atoms with Crippen molar-refractivity contribution in [2.45, 2.75) is 20.8 Å². The van der Waals surface area contributed by atoms with Crippen molar-refractivity contribution < 1.29 is 14.3 Å². The Balaban J connectivity index is 1.77. The summed E-state index contributed by atoms with van der Waals surface area (Å²) >= 11 is 1.21. The molecule has 214 valence electrons. The quantitative estimate of drug-likeness (QED) is 0.180. The molecule has 10 nitrogen and oxygen atoms in total. The molecule has 3 heterocycles. The van der Waals surface area contributed by atoms with Gasteiger partial charge in [0.15, 0.2) is 0 Å². The summed E-state index contributed by atoms with van der Waals surface area (Å²) in [4.78, 5) is 42.3. The summed E-state index contributed by atoms with van der Waals surface area (Å²) in [6, 6.07) is 19.1. The lowest BCUT2D eigenvalue weighted by atomic mass is 10.2. The van der Waals surface area contributed by atoms with Crippen molar-refractivity contribution in [3.8, 4) is 5.69 Å². The van der Waals surface area contributed by atoms with Gasteiger partial charge in [0.2, 0.25) is 11.9 Å². The number of fused-ring (bicyclic) bond motifs is 1. The molecule has 2 aromatic heterocycles. The monoisotopic (exact) mass is 574 g/mol. The zero-order chi connectivity index (χ0) is 28.8. The van der Waals surface area contributed by atoms with E-state index in [9.17, 15) is 9.59 Å². The predicted octanol–water partition coefficient (Wildman–Crippen LogP) is 4.90. The van der Waals surface area contributed by atoms with Crippen molar-refractivity contribution >= 4 is 50.1 Å². The third-order valence-corrected chi connectivity index (χ3v) is 7.76. The fraction of sp³-hybridized carbons (Fsp3) is 0.333. The highest BCUT2D eigenvalue weighted by Gasteiger charge is 2.29. The van der Waals surface area contributed by atoms with Crippen molar-refractivity contribution in [3.05, 3.63) is 76.6 Å². The van der Waals surface area contributed by atoms with Crippen LogP contribution in [-0.4, -0.2) is 72.4 Å². The number of nitrogens with one attached hydrogen (secondary N) is 1. The molecule has 0 bridgehead atoms. The minimum atomic E-state index is -0.603. The molecule has 1 aliphatic rings. The molecule has 0 unspecified atom stereocenters. The van der Waals surface area contributed by atoms with Crippen LogP contribution in [0.3, 0.4) is 0 Å². The van der Waals surface area contributed by atoms with E-state index in [4.69, 9.17) is 19.5 Å². The van der Waals surface area contributed by atoms with Gasteiger partial charge in [0.05, 0.1) is 30.9 Å². The lowest BCUT2D eigenvalue weighted by Gasteiger charge is -2.29. The first-order valence-electron chi connectivity index (χ1n) is 13.9. The van der Waals surface area contributed by atoms with Gasteiger partial charge in [0.1, 0.15) is 15.4 Å². The van der Waals surface area contributed by atoms with Crippen molar-refractivity contribution in [2.24, 2.45) is 4.99 Å². The Bertz CT molecular complexity index is 1580. The highest BCUT2D eigenvalue weighted by Crippen LogP contribution is 2.37. The summed E-state index contributed by atoms with van der Waals surface area (Å²) < 4.78 is 12.6. The number of para-hydroxylation sites is 2. The Morgan fingerprint density at radius 1 is 1.05 bits per heavy atom. The van der Waals surface area contributed by atoms with E-state index in [0.717, 1.165) is 5.69 Å². The Morgan fingerprint density at radius 2 is 1.71 bits per heavy atom. The number of aromatic nitrogens is 2. The summed E-state index contributed by atoms with van der Waals surface area (Å²) in [7, 11) is 0. The lowest BCUT2D eigenvalue weighted by Crippen LogP contribution is -2.40. The number of ether oxygens (including phenoxy) is 2. The number of hydrogen-bond donors (Lipinski definition) is 1. The van der Waals surface area contributed by atoms with Crippen LogP contribution in [0.1, 0.15) is 31.1 Å². The molecule has 0 aliphatic carbocycles. The van der Waals surface area contributed by atoms with Crippen LogP contribution in [0.5, 0.6) is 0 Å². The van der Waals surface area contributed by atoms with Crippen LogP contribution in [0.4, 0.5) is 16.6 Å². The zero-order valence-electron chi connectivity index (χ0n) is 23.5. The van der Waals surface area contributed by atoms with Crippen LogP contribution in [0, 0.1) is 0 Å². The molecule has 1 saturated heterocycles. The van der Waals surface area contributed by atoms with Gasteiger partial charge >= 0.3 is 5.97 Å². The van der Waals surface area contributed by atoms with Gasteiger partial charge in [0, 0.05) is 31.9 Å². The zero-order valence-corrected chi connectivity index (χ0v) is 24.3. The average molecular weight is 575 g/mol. The Labute approximate surface area is 242 Å². The van der Waals surface area contributed by atoms with Crippen LogP contribution in [-0.2, 0) is 9.47 Å². The topological polar surface area (TPSA) is 101 Å². The largest absolute Gasteiger partial charge is 0.462 e. The Kier molecular flexibility index (Phi) is 8.95. The predicted molar refractivity (Wildman–Crippen MR) is 164 cm³/mol. The number of aliphatic imine (C=N–C) groups is 1. The molecule has 0 amide bonds. The number of esters is 1. The lowest BCUT2D eigenvalue weighted by molar-refractivity contribution is 0.0530. The molecule has 1 aliphatic heterocycles. The van der Waals surface area contributed by atoms with E-state index in [-0.39, 0.29) is 23.1 Å². The first-order valence-corrected chi connectivity index (χ1v) is 14.7. The van der Waals surface area contributed by atoms with E-state index >= 15 is 0 Å². The highest BCUT2D eigenvalue weighted by molar-refractivity contribution is 7.22. The van der Waals surface area contributed by atoms with Crippen molar-refractivity contribution in [2.75, 3.05) is 56.2 Å². The second-order valence-corrected chi connectivity index (χ2v) is 10.2. The Morgan fingerprint density at radius 3 is 2.34 bits per heavy atom. The molecule has 41 heavy (non-hydrogen) atoms. The molecule has 2 aromatic carbocycles. The minimum absolute atomic E-state index is 0.127. The first-order chi connectivity index (χ1) is 20.0. The van der Waals surface area contributed by atoms with Gasteiger partial charge < -0.3 is 24.6 Å². The van der Waals surface area contributed by atoms with E-state index in [0.29, 0.717) is 66.8 Å². The van der Waals surface area contributed by atoms with Gasteiger partial charge in [-0.05, 0) is 45.0 Å². The molecule has 11 heteroatoms. The normalized spacial score (nSPS) is 13.8. The van der Waals surface area contributed by atoms with Crippen LogP contribution >= 0.6 is 11.3 Å². The fourth-order valence-electron chi connectivity index (χ4n) is 4.73. The third kappa shape index (κ3) is 5.96. The van der Waals surface area contributed by atoms with Crippen LogP contribution < -0.4 is 15.8 Å². The number of guanidine groups is 1. The maximum Gasteiger partial charge on any atom is 0.342 e. The summed E-state index contributed by atoms with van der Waals surface area (Å²) in [6.07, 6.45) is 0. The number of benzene rings is 2. The molecule has 1 N–H and O–H groups in total. The SMILES string of the molecule is CCOC(=O)c1c(/N=C(/Nc2ccccc2)N(CC)CC)sc2nc(N3CCOCC3)n(-c3ccccc3)c(=O)c12. The third-order valence-electron chi connectivity index (χ3n) is 6.78. The second-order valence-electron chi connectivity index (χ2n) is 9.27. The van der Waals surface area contributed by atoms with Crippen molar-refractivity contribution in [3.63, 3.8) is 0 Å².